The third kappa shape index (κ3) is 3.19. The zero-order chi connectivity index (χ0) is 26.2. The number of nitriles is 1. The maximum atomic E-state index is 13.6. The number of carbonyl (C=O) groups excluding carboxylic acids is 3. The molecule has 2 bridgehead atoms. The molecule has 3 aliphatic heterocycles. The van der Waals surface area contributed by atoms with Crippen molar-refractivity contribution >= 4 is 29.1 Å². The third-order valence-corrected chi connectivity index (χ3v) is 7.80. The molecular formula is C26H22F3N3O4. The average Bonchev–Trinajstić information content (AvgIpc) is 3.38. The SMILES string of the molecule is CN(C(=O)[C@@H]1C[C@]2(C)O[C@]1(C)[C@@H]1C(=O)N(c3ccc(C#N)c(C(F)(F)F)c3)C(=O)[C@@H]12)c1ccccc1. The first-order valence-corrected chi connectivity index (χ1v) is 11.4. The van der Waals surface area contributed by atoms with E-state index in [2.05, 4.69) is 0 Å². The van der Waals surface area contributed by atoms with Gasteiger partial charge in [0.15, 0.2) is 0 Å². The van der Waals surface area contributed by atoms with Crippen LogP contribution in [0, 0.1) is 29.1 Å². The van der Waals surface area contributed by atoms with Gasteiger partial charge in [0, 0.05) is 12.7 Å². The van der Waals surface area contributed by atoms with E-state index in [1.54, 1.807) is 45.2 Å². The maximum absolute atomic E-state index is 13.6. The van der Waals surface area contributed by atoms with E-state index in [4.69, 9.17) is 10.00 Å². The highest BCUT2D eigenvalue weighted by molar-refractivity contribution is 6.23. The lowest BCUT2D eigenvalue weighted by molar-refractivity contribution is -0.138. The molecule has 186 valence electrons. The summed E-state index contributed by atoms with van der Waals surface area (Å²) in [6.07, 6.45) is -4.66. The molecule has 3 heterocycles. The van der Waals surface area contributed by atoms with Crippen molar-refractivity contribution in [1.29, 1.82) is 5.26 Å². The smallest absolute Gasteiger partial charge is 0.367 e. The Morgan fingerprint density at radius 2 is 1.75 bits per heavy atom. The second kappa shape index (κ2) is 7.64. The van der Waals surface area contributed by atoms with Gasteiger partial charge in [0.25, 0.3) is 0 Å². The largest absolute Gasteiger partial charge is 0.417 e. The van der Waals surface area contributed by atoms with Crippen LogP contribution in [-0.2, 0) is 25.3 Å². The molecule has 0 aliphatic carbocycles. The normalized spacial score (nSPS) is 30.9. The summed E-state index contributed by atoms with van der Waals surface area (Å²) >= 11 is 0. The maximum Gasteiger partial charge on any atom is 0.417 e. The fourth-order valence-electron chi connectivity index (χ4n) is 6.16. The molecule has 3 saturated heterocycles. The summed E-state index contributed by atoms with van der Waals surface area (Å²) in [5.41, 5.74) is -3.90. The van der Waals surface area contributed by atoms with Crippen LogP contribution in [0.4, 0.5) is 24.5 Å². The van der Waals surface area contributed by atoms with Crippen LogP contribution in [0.1, 0.15) is 31.4 Å². The highest BCUT2D eigenvalue weighted by Crippen LogP contribution is 2.63. The van der Waals surface area contributed by atoms with E-state index in [0.29, 0.717) is 11.8 Å². The Labute approximate surface area is 205 Å². The summed E-state index contributed by atoms with van der Waals surface area (Å²) in [6, 6.07) is 13.2. The molecule has 0 N–H and O–H groups in total. The number of hydrogen-bond acceptors (Lipinski definition) is 5. The number of anilines is 2. The van der Waals surface area contributed by atoms with E-state index >= 15 is 0 Å². The Hall–Kier alpha value is -3.71. The lowest BCUT2D eigenvalue weighted by Crippen LogP contribution is -2.52. The molecule has 3 aliphatic rings. The fraction of sp³-hybridized carbons (Fsp3) is 0.385. The zero-order valence-corrected chi connectivity index (χ0v) is 19.7. The van der Waals surface area contributed by atoms with Crippen LogP contribution in [0.5, 0.6) is 0 Å². The number of ether oxygens (including phenoxy) is 1. The number of fused-ring (bicyclic) bond motifs is 5. The molecule has 5 atom stereocenters. The Balaban J connectivity index is 1.52. The summed E-state index contributed by atoms with van der Waals surface area (Å²) in [4.78, 5) is 42.8. The number of alkyl halides is 3. The van der Waals surface area contributed by atoms with Crippen molar-refractivity contribution in [2.24, 2.45) is 17.8 Å². The van der Waals surface area contributed by atoms with Gasteiger partial charge in [0.05, 0.1) is 51.8 Å². The number of rotatable bonds is 3. The Morgan fingerprint density at radius 3 is 2.36 bits per heavy atom. The summed E-state index contributed by atoms with van der Waals surface area (Å²) in [5.74, 6) is -4.37. The molecule has 0 spiro atoms. The van der Waals surface area contributed by atoms with Crippen molar-refractivity contribution < 1.29 is 32.3 Å². The van der Waals surface area contributed by atoms with Crippen LogP contribution in [0.3, 0.4) is 0 Å². The van der Waals surface area contributed by atoms with Crippen LogP contribution in [0.2, 0.25) is 0 Å². The van der Waals surface area contributed by atoms with Gasteiger partial charge in [-0.05, 0) is 50.6 Å². The van der Waals surface area contributed by atoms with Crippen molar-refractivity contribution in [2.45, 2.75) is 37.6 Å². The molecular weight excluding hydrogens is 475 g/mol. The van der Waals surface area contributed by atoms with Crippen molar-refractivity contribution in [2.75, 3.05) is 16.8 Å². The molecule has 3 fully saturated rings. The molecule has 7 nitrogen and oxygen atoms in total. The molecule has 5 rings (SSSR count). The predicted molar refractivity (Wildman–Crippen MR) is 121 cm³/mol. The molecule has 3 amide bonds. The third-order valence-electron chi connectivity index (χ3n) is 7.80. The number of carbonyl (C=O) groups is 3. The van der Waals surface area contributed by atoms with E-state index in [1.807, 2.05) is 6.07 Å². The Morgan fingerprint density at radius 1 is 1.11 bits per heavy atom. The monoisotopic (exact) mass is 497 g/mol. The fourth-order valence-corrected chi connectivity index (χ4v) is 6.16. The minimum atomic E-state index is -4.84. The molecule has 2 aromatic rings. The first-order valence-electron chi connectivity index (χ1n) is 11.4. The molecule has 2 aromatic carbocycles. The number of hydrogen-bond donors (Lipinski definition) is 0. The molecule has 10 heteroatoms. The molecule has 0 aromatic heterocycles. The van der Waals surface area contributed by atoms with Crippen LogP contribution in [0.15, 0.2) is 48.5 Å². The van der Waals surface area contributed by atoms with Crippen molar-refractivity contribution in [1.82, 2.24) is 0 Å². The van der Waals surface area contributed by atoms with E-state index in [-0.39, 0.29) is 18.0 Å². The van der Waals surface area contributed by atoms with Gasteiger partial charge in [-0.2, -0.15) is 18.4 Å². The van der Waals surface area contributed by atoms with Gasteiger partial charge in [-0.3, -0.25) is 14.4 Å². The van der Waals surface area contributed by atoms with Crippen LogP contribution in [-0.4, -0.2) is 36.0 Å². The molecule has 36 heavy (non-hydrogen) atoms. The minimum Gasteiger partial charge on any atom is -0.367 e. The van der Waals surface area contributed by atoms with Crippen LogP contribution >= 0.6 is 0 Å². The van der Waals surface area contributed by atoms with Gasteiger partial charge in [0.2, 0.25) is 17.7 Å². The average molecular weight is 497 g/mol. The summed E-state index contributed by atoms with van der Waals surface area (Å²) < 4.78 is 46.8. The second-order valence-electron chi connectivity index (χ2n) is 9.89. The van der Waals surface area contributed by atoms with Gasteiger partial charge in [-0.1, -0.05) is 18.2 Å². The van der Waals surface area contributed by atoms with E-state index in [9.17, 15) is 27.6 Å². The number of benzene rings is 2. The number of nitrogens with zero attached hydrogens (tertiary/aromatic N) is 3. The van der Waals surface area contributed by atoms with Crippen LogP contribution in [0.25, 0.3) is 0 Å². The van der Waals surface area contributed by atoms with Gasteiger partial charge in [-0.15, -0.1) is 0 Å². The van der Waals surface area contributed by atoms with Crippen molar-refractivity contribution in [3.05, 3.63) is 59.7 Å². The Kier molecular flexibility index (Phi) is 5.10. The summed E-state index contributed by atoms with van der Waals surface area (Å²) in [6.45, 7) is 3.29. The van der Waals surface area contributed by atoms with E-state index in [1.165, 1.54) is 11.0 Å². The van der Waals surface area contributed by atoms with Crippen molar-refractivity contribution in [3.8, 4) is 6.07 Å². The second-order valence-corrected chi connectivity index (χ2v) is 9.89. The van der Waals surface area contributed by atoms with Gasteiger partial charge < -0.3 is 9.64 Å². The first kappa shape index (κ1) is 24.0. The number of imide groups is 1. The summed E-state index contributed by atoms with van der Waals surface area (Å²) in [7, 11) is 1.62. The highest BCUT2D eigenvalue weighted by Gasteiger charge is 2.77. The number of amides is 3. The highest BCUT2D eigenvalue weighted by atomic mass is 19.4. The molecule has 0 saturated carbocycles. The molecule has 0 unspecified atom stereocenters. The standard InChI is InChI=1S/C26H22F3N3O4/c1-24-12-18(21(33)31(3)15-7-5-4-6-8-15)25(2,36-24)20-19(24)22(34)32(23(20)35)16-10-9-14(13-30)17(11-16)26(27,28)29/h4-11,18-20H,12H2,1-3H3/t18-,19+,20-,24-,25-/m0/s1. The molecule has 0 radical (unpaired) electrons. The van der Waals surface area contributed by atoms with Gasteiger partial charge in [-0.25, -0.2) is 4.90 Å². The minimum absolute atomic E-state index is 0.189. The number of para-hydroxylation sites is 1. The zero-order valence-electron chi connectivity index (χ0n) is 19.7. The summed E-state index contributed by atoms with van der Waals surface area (Å²) in [5, 5.41) is 9.08. The predicted octanol–water partition coefficient (Wildman–Crippen LogP) is 3.91. The van der Waals surface area contributed by atoms with Gasteiger partial charge in [0.1, 0.15) is 0 Å². The first-order chi connectivity index (χ1) is 16.8. The number of halogens is 3. The Bertz CT molecular complexity index is 1340. The van der Waals surface area contributed by atoms with Crippen LogP contribution < -0.4 is 9.80 Å². The van der Waals surface area contributed by atoms with E-state index < -0.39 is 58.1 Å². The van der Waals surface area contributed by atoms with Gasteiger partial charge >= 0.3 is 6.18 Å². The lowest BCUT2D eigenvalue weighted by atomic mass is 9.63. The lowest BCUT2D eigenvalue weighted by Gasteiger charge is -2.36. The topological polar surface area (TPSA) is 90.7 Å². The quantitative estimate of drug-likeness (QED) is 0.600. The van der Waals surface area contributed by atoms with E-state index in [0.717, 1.165) is 17.0 Å². The van der Waals surface area contributed by atoms with Crippen molar-refractivity contribution in [3.63, 3.8) is 0 Å².